The zero-order valence-electron chi connectivity index (χ0n) is 20.7. The summed E-state index contributed by atoms with van der Waals surface area (Å²) in [4.78, 5) is 18.1. The van der Waals surface area contributed by atoms with Gasteiger partial charge in [0.1, 0.15) is 4.21 Å². The van der Waals surface area contributed by atoms with Crippen LogP contribution >= 0.6 is 43.2 Å². The molecule has 3 heterocycles. The molecule has 0 N–H and O–H groups in total. The van der Waals surface area contributed by atoms with E-state index in [-0.39, 0.29) is 22.6 Å². The van der Waals surface area contributed by atoms with Crippen molar-refractivity contribution in [3.8, 4) is 0 Å². The van der Waals surface area contributed by atoms with E-state index in [9.17, 15) is 13.2 Å². The Hall–Kier alpha value is -1.72. The third-order valence-corrected chi connectivity index (χ3v) is 12.9. The third-order valence-electron chi connectivity index (χ3n) is 7.33. The standard InChI is InChI=1S/C27H29Br2N3O3S2/c1-18-8-9-24(19(2)14-18)30-10-12-31(13-11-30)27(33)22-17-32(16-21(22)20-6-4-3-5-7-20)37(34,35)25-15-23(28)26(29)36-25/h3-9,14-15,21-22H,10-13,16-17H2,1-2H3. The van der Waals surface area contributed by atoms with Gasteiger partial charge in [-0.25, -0.2) is 8.42 Å². The monoisotopic (exact) mass is 665 g/mol. The van der Waals surface area contributed by atoms with Gasteiger partial charge in [0, 0.05) is 55.3 Å². The van der Waals surface area contributed by atoms with Gasteiger partial charge in [-0.05, 0) is 69.0 Å². The quantitative estimate of drug-likeness (QED) is 0.354. The number of thiophene rings is 1. The summed E-state index contributed by atoms with van der Waals surface area (Å²) in [6.07, 6.45) is 0. The number of sulfonamides is 1. The maximum absolute atomic E-state index is 13.9. The fraction of sp³-hybridized carbons (Fsp3) is 0.370. The number of nitrogens with zero attached hydrogens (tertiary/aromatic N) is 3. The van der Waals surface area contributed by atoms with Crippen LogP contribution in [0.15, 0.2) is 67.1 Å². The molecule has 0 aliphatic carbocycles. The molecular weight excluding hydrogens is 638 g/mol. The van der Waals surface area contributed by atoms with Gasteiger partial charge in [-0.3, -0.25) is 4.79 Å². The third kappa shape index (κ3) is 5.41. The number of halogens is 2. The largest absolute Gasteiger partial charge is 0.368 e. The van der Waals surface area contributed by atoms with Crippen LogP contribution in [0.5, 0.6) is 0 Å². The van der Waals surface area contributed by atoms with Crippen molar-refractivity contribution in [2.24, 2.45) is 5.92 Å². The second-order valence-corrected chi connectivity index (χ2v) is 15.1. The van der Waals surface area contributed by atoms with Crippen LogP contribution in [0, 0.1) is 19.8 Å². The van der Waals surface area contributed by atoms with Crippen molar-refractivity contribution in [1.82, 2.24) is 9.21 Å². The summed E-state index contributed by atoms with van der Waals surface area (Å²) in [5.74, 6) is -0.565. The van der Waals surface area contributed by atoms with Gasteiger partial charge in [-0.15, -0.1) is 11.3 Å². The highest BCUT2D eigenvalue weighted by Gasteiger charge is 2.45. The molecule has 2 fully saturated rings. The molecule has 0 spiro atoms. The van der Waals surface area contributed by atoms with Crippen LogP contribution in [0.4, 0.5) is 5.69 Å². The second-order valence-electron chi connectivity index (χ2n) is 9.74. The summed E-state index contributed by atoms with van der Waals surface area (Å²) in [5.41, 5.74) is 4.70. The minimum atomic E-state index is -3.72. The lowest BCUT2D eigenvalue weighted by atomic mass is 9.88. The summed E-state index contributed by atoms with van der Waals surface area (Å²) in [5, 5.41) is 0. The molecule has 3 aromatic rings. The first-order chi connectivity index (χ1) is 17.6. The molecule has 1 aromatic heterocycles. The summed E-state index contributed by atoms with van der Waals surface area (Å²) >= 11 is 7.99. The molecule has 37 heavy (non-hydrogen) atoms. The van der Waals surface area contributed by atoms with Crippen molar-refractivity contribution in [1.29, 1.82) is 0 Å². The highest BCUT2D eigenvalue weighted by Crippen LogP contribution is 2.41. The van der Waals surface area contributed by atoms with E-state index in [2.05, 4.69) is 68.8 Å². The van der Waals surface area contributed by atoms with E-state index in [1.165, 1.54) is 32.5 Å². The smallest absolute Gasteiger partial charge is 0.252 e. The van der Waals surface area contributed by atoms with E-state index in [1.807, 2.05) is 35.2 Å². The number of carbonyl (C=O) groups excluding carboxylic acids is 1. The van der Waals surface area contributed by atoms with Crippen LogP contribution in [0.1, 0.15) is 22.6 Å². The number of carbonyl (C=O) groups is 1. The minimum Gasteiger partial charge on any atom is -0.368 e. The van der Waals surface area contributed by atoms with Crippen LogP contribution < -0.4 is 4.90 Å². The molecule has 2 saturated heterocycles. The average Bonchev–Trinajstić information content (AvgIpc) is 3.49. The molecule has 6 nitrogen and oxygen atoms in total. The van der Waals surface area contributed by atoms with Gasteiger partial charge >= 0.3 is 0 Å². The van der Waals surface area contributed by atoms with Crippen molar-refractivity contribution < 1.29 is 13.2 Å². The van der Waals surface area contributed by atoms with Gasteiger partial charge in [0.05, 0.1) is 9.70 Å². The summed E-state index contributed by atoms with van der Waals surface area (Å²) in [6.45, 7) is 7.47. The van der Waals surface area contributed by atoms with Crippen molar-refractivity contribution in [3.05, 3.63) is 79.5 Å². The number of hydrogen-bond acceptors (Lipinski definition) is 5. The highest BCUT2D eigenvalue weighted by molar-refractivity contribution is 9.13. The van der Waals surface area contributed by atoms with E-state index < -0.39 is 15.9 Å². The number of amides is 1. The summed E-state index contributed by atoms with van der Waals surface area (Å²) < 4.78 is 30.3. The Bertz CT molecular complexity index is 1380. The molecule has 0 saturated carbocycles. The Kier molecular flexibility index (Phi) is 7.85. The van der Waals surface area contributed by atoms with Crippen LogP contribution in [-0.4, -0.2) is 62.8 Å². The lowest BCUT2D eigenvalue weighted by Crippen LogP contribution is -2.51. The van der Waals surface area contributed by atoms with E-state index in [0.29, 0.717) is 24.1 Å². The molecular formula is C27H29Br2N3O3S2. The Morgan fingerprint density at radius 3 is 2.27 bits per heavy atom. The van der Waals surface area contributed by atoms with Crippen molar-refractivity contribution in [2.45, 2.75) is 24.0 Å². The minimum absolute atomic E-state index is 0.0420. The van der Waals surface area contributed by atoms with Gasteiger partial charge in [-0.2, -0.15) is 4.31 Å². The maximum Gasteiger partial charge on any atom is 0.252 e. The first-order valence-electron chi connectivity index (χ1n) is 12.3. The fourth-order valence-corrected chi connectivity index (χ4v) is 9.86. The van der Waals surface area contributed by atoms with Crippen molar-refractivity contribution in [2.75, 3.05) is 44.2 Å². The first-order valence-corrected chi connectivity index (χ1v) is 16.1. The molecule has 2 aliphatic heterocycles. The molecule has 2 aromatic carbocycles. The Morgan fingerprint density at radius 1 is 0.946 bits per heavy atom. The number of benzene rings is 2. The predicted octanol–water partition coefficient (Wildman–Crippen LogP) is 5.64. The SMILES string of the molecule is Cc1ccc(N2CCN(C(=O)C3CN(S(=O)(=O)c4cc(Br)c(Br)s4)CC3c3ccccc3)CC2)c(C)c1. The normalized spacial score (nSPS) is 21.0. The van der Waals surface area contributed by atoms with Gasteiger partial charge in [0.15, 0.2) is 0 Å². The molecule has 2 aliphatic rings. The van der Waals surface area contributed by atoms with Gasteiger partial charge < -0.3 is 9.80 Å². The molecule has 0 radical (unpaired) electrons. The summed E-state index contributed by atoms with van der Waals surface area (Å²) in [6, 6.07) is 17.9. The highest BCUT2D eigenvalue weighted by atomic mass is 79.9. The zero-order valence-corrected chi connectivity index (χ0v) is 25.5. The number of piperazine rings is 1. The van der Waals surface area contributed by atoms with Gasteiger partial charge in [0.2, 0.25) is 5.91 Å². The number of rotatable bonds is 5. The lowest BCUT2D eigenvalue weighted by Gasteiger charge is -2.38. The van der Waals surface area contributed by atoms with Crippen molar-refractivity contribution in [3.63, 3.8) is 0 Å². The molecule has 10 heteroatoms. The van der Waals surface area contributed by atoms with Crippen LogP contribution in [0.3, 0.4) is 0 Å². The predicted molar refractivity (Wildman–Crippen MR) is 156 cm³/mol. The number of hydrogen-bond donors (Lipinski definition) is 0. The molecule has 1 amide bonds. The molecule has 2 atom stereocenters. The van der Waals surface area contributed by atoms with Crippen LogP contribution in [0.2, 0.25) is 0 Å². The van der Waals surface area contributed by atoms with Gasteiger partial charge in [-0.1, -0.05) is 48.0 Å². The van der Waals surface area contributed by atoms with E-state index >= 15 is 0 Å². The average molecular weight is 667 g/mol. The topological polar surface area (TPSA) is 60.9 Å². The molecule has 0 bridgehead atoms. The Balaban J connectivity index is 1.36. The van der Waals surface area contributed by atoms with E-state index in [0.717, 1.165) is 22.4 Å². The van der Waals surface area contributed by atoms with Crippen molar-refractivity contribution >= 4 is 64.8 Å². The van der Waals surface area contributed by atoms with Gasteiger partial charge in [0.25, 0.3) is 10.0 Å². The maximum atomic E-state index is 13.9. The lowest BCUT2D eigenvalue weighted by molar-refractivity contribution is -0.135. The fourth-order valence-electron chi connectivity index (χ4n) is 5.40. The first kappa shape index (κ1) is 26.9. The van der Waals surface area contributed by atoms with Crippen LogP contribution in [0.25, 0.3) is 0 Å². The zero-order chi connectivity index (χ0) is 26.3. The molecule has 196 valence electrons. The van der Waals surface area contributed by atoms with Crippen LogP contribution in [-0.2, 0) is 14.8 Å². The Labute approximate surface area is 239 Å². The molecule has 2 unspecified atom stereocenters. The number of anilines is 1. The van der Waals surface area contributed by atoms with E-state index in [1.54, 1.807) is 6.07 Å². The number of aryl methyl sites for hydroxylation is 2. The summed E-state index contributed by atoms with van der Waals surface area (Å²) in [7, 11) is -3.72. The van der Waals surface area contributed by atoms with E-state index in [4.69, 9.17) is 0 Å². The second kappa shape index (κ2) is 10.8. The molecule has 5 rings (SSSR count). The Morgan fingerprint density at radius 2 is 1.65 bits per heavy atom.